The molecule has 0 aromatic heterocycles. The van der Waals surface area contributed by atoms with Crippen LogP contribution in [0.15, 0.2) is 65.1 Å². The van der Waals surface area contributed by atoms with Crippen LogP contribution in [-0.4, -0.2) is 59.9 Å². The SMILES string of the molecule is O=C1C[C@H](c2cccc(Cl)c2)[C@@]2(C(=O)Nc3cc(Cl)ccc32)[C@H](c2cc(Br)ccc2OC2CCN(C(=O)N3CCCC3)CC2)N1. The Morgan fingerprint density at radius 2 is 1.64 bits per heavy atom. The zero-order valence-corrected chi connectivity index (χ0v) is 27.6. The normalized spacial score (nSPS) is 24.9. The van der Waals surface area contributed by atoms with Crippen molar-refractivity contribution in [3.05, 3.63) is 91.9 Å². The third-order valence-electron chi connectivity index (χ3n) is 9.67. The average molecular weight is 712 g/mol. The minimum absolute atomic E-state index is 0.0973. The Balaban J connectivity index is 1.27. The minimum Gasteiger partial charge on any atom is -0.490 e. The Kier molecular flexibility index (Phi) is 8.21. The first-order valence-electron chi connectivity index (χ1n) is 15.4. The summed E-state index contributed by atoms with van der Waals surface area (Å²) in [5, 5.41) is 7.31. The van der Waals surface area contributed by atoms with E-state index in [9.17, 15) is 14.4 Å². The van der Waals surface area contributed by atoms with Crippen LogP contribution < -0.4 is 15.4 Å². The lowest BCUT2D eigenvalue weighted by Gasteiger charge is -2.47. The number of likely N-dealkylation sites (tertiary alicyclic amines) is 2. The molecule has 4 aliphatic heterocycles. The highest BCUT2D eigenvalue weighted by Gasteiger charge is 2.61. The Morgan fingerprint density at radius 1 is 0.911 bits per heavy atom. The van der Waals surface area contributed by atoms with Gasteiger partial charge < -0.3 is 25.2 Å². The predicted molar refractivity (Wildman–Crippen MR) is 177 cm³/mol. The van der Waals surface area contributed by atoms with Gasteiger partial charge in [0.15, 0.2) is 0 Å². The van der Waals surface area contributed by atoms with Gasteiger partial charge in [0, 0.05) is 77.1 Å². The smallest absolute Gasteiger partial charge is 0.320 e. The molecule has 8 nitrogen and oxygen atoms in total. The first kappa shape index (κ1) is 30.4. The highest BCUT2D eigenvalue weighted by Crippen LogP contribution is 2.58. The maximum Gasteiger partial charge on any atom is 0.320 e. The largest absolute Gasteiger partial charge is 0.490 e. The van der Waals surface area contributed by atoms with Crippen LogP contribution >= 0.6 is 39.1 Å². The molecule has 0 saturated carbocycles. The zero-order valence-electron chi connectivity index (χ0n) is 24.5. The summed E-state index contributed by atoms with van der Waals surface area (Å²) in [6.07, 6.45) is 3.46. The van der Waals surface area contributed by atoms with Gasteiger partial charge in [-0.2, -0.15) is 0 Å². The monoisotopic (exact) mass is 710 g/mol. The molecule has 1 spiro atoms. The van der Waals surface area contributed by atoms with Crippen molar-refractivity contribution in [3.8, 4) is 5.75 Å². The molecule has 234 valence electrons. The van der Waals surface area contributed by atoms with Crippen molar-refractivity contribution in [3.63, 3.8) is 0 Å². The molecule has 3 aromatic carbocycles. The van der Waals surface area contributed by atoms with Gasteiger partial charge in [0.25, 0.3) is 0 Å². The van der Waals surface area contributed by atoms with Crippen molar-refractivity contribution in [2.24, 2.45) is 0 Å². The van der Waals surface area contributed by atoms with Gasteiger partial charge in [0.2, 0.25) is 11.8 Å². The van der Waals surface area contributed by atoms with Crippen LogP contribution in [-0.2, 0) is 15.0 Å². The van der Waals surface area contributed by atoms with E-state index < -0.39 is 17.4 Å². The topological polar surface area (TPSA) is 91.0 Å². The number of ether oxygens (including phenoxy) is 1. The molecule has 45 heavy (non-hydrogen) atoms. The highest BCUT2D eigenvalue weighted by atomic mass is 79.9. The number of amides is 4. The highest BCUT2D eigenvalue weighted by molar-refractivity contribution is 9.10. The number of carbonyl (C=O) groups is 3. The summed E-state index contributed by atoms with van der Waals surface area (Å²) in [5.41, 5.74) is 1.65. The molecule has 4 aliphatic rings. The number of piperidine rings is 2. The Labute approximate surface area is 280 Å². The maximum atomic E-state index is 14.4. The molecule has 4 heterocycles. The second-order valence-corrected chi connectivity index (χ2v) is 14.1. The Morgan fingerprint density at radius 3 is 2.40 bits per heavy atom. The van der Waals surface area contributed by atoms with E-state index in [1.54, 1.807) is 18.2 Å². The summed E-state index contributed by atoms with van der Waals surface area (Å²) in [4.78, 5) is 44.8. The van der Waals surface area contributed by atoms with E-state index in [-0.39, 0.29) is 30.4 Å². The van der Waals surface area contributed by atoms with E-state index in [0.717, 1.165) is 41.5 Å². The van der Waals surface area contributed by atoms with Crippen molar-refractivity contribution >= 4 is 62.7 Å². The summed E-state index contributed by atoms with van der Waals surface area (Å²) in [7, 11) is 0. The number of nitrogens with zero attached hydrogens (tertiary/aromatic N) is 2. The fraction of sp³-hybridized carbons (Fsp3) is 0.382. The molecule has 0 bridgehead atoms. The van der Waals surface area contributed by atoms with Crippen LogP contribution in [0.25, 0.3) is 0 Å². The van der Waals surface area contributed by atoms with Crippen LogP contribution in [0.1, 0.15) is 60.8 Å². The molecule has 0 radical (unpaired) electrons. The van der Waals surface area contributed by atoms with E-state index in [2.05, 4.69) is 26.6 Å². The second kappa shape index (κ2) is 12.2. The van der Waals surface area contributed by atoms with E-state index in [1.807, 2.05) is 52.3 Å². The minimum atomic E-state index is -1.22. The van der Waals surface area contributed by atoms with Gasteiger partial charge >= 0.3 is 6.03 Å². The maximum absolute atomic E-state index is 14.4. The van der Waals surface area contributed by atoms with Crippen LogP contribution in [0, 0.1) is 0 Å². The third-order valence-corrected chi connectivity index (χ3v) is 10.6. The molecular weight excluding hydrogens is 679 g/mol. The molecule has 11 heteroatoms. The van der Waals surface area contributed by atoms with Crippen molar-refractivity contribution in [2.45, 2.75) is 55.6 Å². The van der Waals surface area contributed by atoms with Gasteiger partial charge in [0.05, 0.1) is 6.04 Å². The average Bonchev–Trinajstić information content (AvgIpc) is 3.66. The summed E-state index contributed by atoms with van der Waals surface area (Å²) in [6.45, 7) is 2.88. The van der Waals surface area contributed by atoms with Gasteiger partial charge in [-0.05, 0) is 66.4 Å². The number of halogens is 3. The summed E-state index contributed by atoms with van der Waals surface area (Å²) in [5.74, 6) is -0.335. The lowest BCUT2D eigenvalue weighted by molar-refractivity contribution is -0.131. The number of fused-ring (bicyclic) bond motifs is 2. The van der Waals surface area contributed by atoms with Crippen LogP contribution in [0.5, 0.6) is 5.75 Å². The molecule has 0 aliphatic carbocycles. The molecule has 4 amide bonds. The fourth-order valence-electron chi connectivity index (χ4n) is 7.57. The van der Waals surface area contributed by atoms with Crippen molar-refractivity contribution in [1.82, 2.24) is 15.1 Å². The number of urea groups is 1. The van der Waals surface area contributed by atoms with E-state index in [4.69, 9.17) is 27.9 Å². The number of hydrogen-bond acceptors (Lipinski definition) is 4. The van der Waals surface area contributed by atoms with Crippen molar-refractivity contribution < 1.29 is 19.1 Å². The Hall–Kier alpha value is -3.27. The van der Waals surface area contributed by atoms with Crippen LogP contribution in [0.4, 0.5) is 10.5 Å². The molecule has 7 rings (SSSR count). The predicted octanol–water partition coefficient (Wildman–Crippen LogP) is 7.05. The van der Waals surface area contributed by atoms with Gasteiger partial charge in [-0.1, -0.05) is 57.3 Å². The zero-order chi connectivity index (χ0) is 31.3. The molecule has 3 saturated heterocycles. The number of anilines is 1. The van der Waals surface area contributed by atoms with Gasteiger partial charge in [-0.15, -0.1) is 0 Å². The standard InChI is InChI=1S/C34H33BrCl2N4O4/c35-21-6-9-29(45-24-10-14-41(15-11-24)33(44)40-12-1-2-13-40)25(17-21)31-34(26-8-7-23(37)18-28(26)38-32(34)43)27(19-30(42)39-31)20-4-3-5-22(36)16-20/h3-9,16-18,24,27,31H,1-2,10-15,19H2,(H,38,43)(H,39,42)/t27-,31+,34-/m1/s1. The van der Waals surface area contributed by atoms with Crippen LogP contribution in [0.2, 0.25) is 10.0 Å². The Bertz CT molecular complexity index is 1670. The number of nitrogens with one attached hydrogen (secondary N) is 2. The lowest BCUT2D eigenvalue weighted by Crippen LogP contribution is -2.57. The van der Waals surface area contributed by atoms with Gasteiger partial charge in [0.1, 0.15) is 17.3 Å². The number of hydrogen-bond donors (Lipinski definition) is 2. The van der Waals surface area contributed by atoms with Crippen LogP contribution in [0.3, 0.4) is 0 Å². The second-order valence-electron chi connectivity index (χ2n) is 12.3. The number of rotatable bonds is 4. The summed E-state index contributed by atoms with van der Waals surface area (Å²) in [6, 6.07) is 17.8. The quantitative estimate of drug-likeness (QED) is 0.304. The number of benzene rings is 3. The van der Waals surface area contributed by atoms with Crippen molar-refractivity contribution in [2.75, 3.05) is 31.5 Å². The summed E-state index contributed by atoms with van der Waals surface area (Å²) < 4.78 is 7.48. The van der Waals surface area contributed by atoms with E-state index >= 15 is 0 Å². The molecule has 2 N–H and O–H groups in total. The number of carbonyl (C=O) groups excluding carboxylic acids is 3. The molecule has 3 atom stereocenters. The summed E-state index contributed by atoms with van der Waals surface area (Å²) >= 11 is 16.5. The molecule has 3 fully saturated rings. The van der Waals surface area contributed by atoms with Crippen molar-refractivity contribution in [1.29, 1.82) is 0 Å². The first-order chi connectivity index (χ1) is 21.7. The third kappa shape index (κ3) is 5.47. The van der Waals surface area contributed by atoms with Gasteiger partial charge in [-0.3, -0.25) is 9.59 Å². The first-order valence-corrected chi connectivity index (χ1v) is 16.9. The van der Waals surface area contributed by atoms with E-state index in [0.29, 0.717) is 53.0 Å². The lowest BCUT2D eigenvalue weighted by atomic mass is 9.59. The van der Waals surface area contributed by atoms with E-state index in [1.165, 1.54) is 0 Å². The molecular formula is C34H33BrCl2N4O4. The molecule has 3 aromatic rings. The fourth-order valence-corrected chi connectivity index (χ4v) is 8.32. The van der Waals surface area contributed by atoms with Gasteiger partial charge in [-0.25, -0.2) is 4.79 Å². The molecule has 0 unspecified atom stereocenters.